The molecule has 0 heterocycles. The van der Waals surface area contributed by atoms with Crippen molar-refractivity contribution in [2.24, 2.45) is 0 Å². The first kappa shape index (κ1) is 19.7. The predicted molar refractivity (Wildman–Crippen MR) is 113 cm³/mol. The molecule has 0 aliphatic carbocycles. The van der Waals surface area contributed by atoms with E-state index in [-0.39, 0.29) is 0 Å². The average Bonchev–Trinajstić information content (AvgIpc) is 2.67. The lowest BCUT2D eigenvalue weighted by atomic mass is 10.2. The van der Waals surface area contributed by atoms with E-state index in [1.54, 1.807) is 7.11 Å². The van der Waals surface area contributed by atoms with Gasteiger partial charge in [-0.3, -0.25) is 0 Å². The van der Waals surface area contributed by atoms with Crippen molar-refractivity contribution in [1.82, 2.24) is 5.32 Å². The summed E-state index contributed by atoms with van der Waals surface area (Å²) in [5, 5.41) is 4.14. The fourth-order valence-corrected chi connectivity index (χ4v) is 3.56. The van der Waals surface area contributed by atoms with Crippen LogP contribution in [0.1, 0.15) is 16.7 Å². The van der Waals surface area contributed by atoms with Gasteiger partial charge in [-0.25, -0.2) is 0 Å². The van der Waals surface area contributed by atoms with Gasteiger partial charge in [-0.1, -0.05) is 54.1 Å². The molecular formula is C22H21BrClNO2. The fraction of sp³-hybridized carbons (Fsp3) is 0.182. The van der Waals surface area contributed by atoms with Crippen molar-refractivity contribution < 1.29 is 9.47 Å². The average molecular weight is 447 g/mol. The predicted octanol–water partition coefficient (Wildman–Crippen LogP) is 5.98. The van der Waals surface area contributed by atoms with E-state index in [9.17, 15) is 0 Å². The van der Waals surface area contributed by atoms with Gasteiger partial charge in [0.15, 0.2) is 11.5 Å². The second-order valence-electron chi connectivity index (χ2n) is 6.12. The van der Waals surface area contributed by atoms with Crippen molar-refractivity contribution in [2.75, 3.05) is 7.11 Å². The largest absolute Gasteiger partial charge is 0.493 e. The molecule has 3 aromatic carbocycles. The fourth-order valence-electron chi connectivity index (χ4n) is 2.74. The van der Waals surface area contributed by atoms with E-state index in [1.165, 1.54) is 5.56 Å². The van der Waals surface area contributed by atoms with Gasteiger partial charge in [0.2, 0.25) is 0 Å². The third-order valence-corrected chi connectivity index (χ3v) is 4.89. The number of rotatable bonds is 8. The molecule has 0 unspecified atom stereocenters. The topological polar surface area (TPSA) is 30.5 Å². The minimum absolute atomic E-state index is 0.418. The highest BCUT2D eigenvalue weighted by Crippen LogP contribution is 2.37. The van der Waals surface area contributed by atoms with Crippen molar-refractivity contribution in [3.05, 3.63) is 92.9 Å². The first-order valence-electron chi connectivity index (χ1n) is 8.64. The Kier molecular flexibility index (Phi) is 7.16. The maximum Gasteiger partial charge on any atom is 0.175 e. The molecule has 140 valence electrons. The summed E-state index contributed by atoms with van der Waals surface area (Å²) in [7, 11) is 1.65. The van der Waals surface area contributed by atoms with Gasteiger partial charge in [-0.05, 0) is 56.9 Å². The smallest absolute Gasteiger partial charge is 0.175 e. The summed E-state index contributed by atoms with van der Waals surface area (Å²) in [6, 6.07) is 22.0. The van der Waals surface area contributed by atoms with E-state index in [4.69, 9.17) is 21.1 Å². The van der Waals surface area contributed by atoms with Gasteiger partial charge in [0.25, 0.3) is 0 Å². The van der Waals surface area contributed by atoms with Crippen molar-refractivity contribution in [1.29, 1.82) is 0 Å². The van der Waals surface area contributed by atoms with Gasteiger partial charge >= 0.3 is 0 Å². The highest BCUT2D eigenvalue weighted by Gasteiger charge is 2.12. The van der Waals surface area contributed by atoms with Crippen LogP contribution in [0.5, 0.6) is 11.5 Å². The van der Waals surface area contributed by atoms with Crippen LogP contribution in [0.25, 0.3) is 0 Å². The number of benzene rings is 3. The number of ether oxygens (including phenoxy) is 2. The van der Waals surface area contributed by atoms with Crippen molar-refractivity contribution in [3.8, 4) is 11.5 Å². The molecule has 0 atom stereocenters. The molecule has 0 fully saturated rings. The normalized spacial score (nSPS) is 10.6. The minimum Gasteiger partial charge on any atom is -0.493 e. The minimum atomic E-state index is 0.418. The van der Waals surface area contributed by atoms with Crippen LogP contribution in [0, 0.1) is 0 Å². The molecule has 3 rings (SSSR count). The zero-order chi connectivity index (χ0) is 19.1. The van der Waals surface area contributed by atoms with Gasteiger partial charge < -0.3 is 14.8 Å². The van der Waals surface area contributed by atoms with Crippen LogP contribution in [0.15, 0.2) is 71.2 Å². The molecule has 3 nitrogen and oxygen atoms in total. The molecule has 3 aromatic rings. The molecule has 0 saturated carbocycles. The number of halogens is 2. The number of nitrogens with one attached hydrogen (secondary N) is 1. The second-order valence-corrected chi connectivity index (χ2v) is 7.41. The molecule has 0 spiro atoms. The quantitative estimate of drug-likeness (QED) is 0.462. The monoisotopic (exact) mass is 445 g/mol. The van der Waals surface area contributed by atoms with E-state index in [0.717, 1.165) is 28.7 Å². The zero-order valence-corrected chi connectivity index (χ0v) is 17.4. The third kappa shape index (κ3) is 5.73. The van der Waals surface area contributed by atoms with Gasteiger partial charge in [0.05, 0.1) is 11.6 Å². The van der Waals surface area contributed by atoms with Crippen molar-refractivity contribution >= 4 is 27.5 Å². The lowest BCUT2D eigenvalue weighted by Crippen LogP contribution is -2.12. The Morgan fingerprint density at radius 1 is 0.889 bits per heavy atom. The van der Waals surface area contributed by atoms with Crippen molar-refractivity contribution in [3.63, 3.8) is 0 Å². The molecule has 5 heteroatoms. The summed E-state index contributed by atoms with van der Waals surface area (Å²) in [6.07, 6.45) is 0. The third-order valence-electron chi connectivity index (χ3n) is 4.06. The van der Waals surface area contributed by atoms with E-state index < -0.39 is 0 Å². The Morgan fingerprint density at radius 2 is 1.63 bits per heavy atom. The summed E-state index contributed by atoms with van der Waals surface area (Å²) in [5.74, 6) is 1.38. The SMILES string of the molecule is COc1cc(CNCc2ccccc2)cc(Br)c1OCc1cccc(Cl)c1. The highest BCUT2D eigenvalue weighted by atomic mass is 79.9. The Morgan fingerprint density at radius 3 is 2.37 bits per heavy atom. The van der Waals surface area contributed by atoms with Crippen LogP contribution >= 0.6 is 27.5 Å². The summed E-state index contributed by atoms with van der Waals surface area (Å²) in [5.41, 5.74) is 3.37. The first-order valence-corrected chi connectivity index (χ1v) is 9.81. The van der Waals surface area contributed by atoms with Gasteiger partial charge in [-0.2, -0.15) is 0 Å². The maximum atomic E-state index is 6.03. The Bertz CT molecular complexity index is 887. The molecule has 0 aliphatic rings. The Hall–Kier alpha value is -2.01. The molecule has 0 radical (unpaired) electrons. The lowest BCUT2D eigenvalue weighted by Gasteiger charge is -2.15. The van der Waals surface area contributed by atoms with Crippen LogP contribution in [0.4, 0.5) is 0 Å². The van der Waals surface area contributed by atoms with Crippen LogP contribution < -0.4 is 14.8 Å². The van der Waals surface area contributed by atoms with Gasteiger partial charge in [-0.15, -0.1) is 0 Å². The van der Waals surface area contributed by atoms with Crippen LogP contribution in [-0.4, -0.2) is 7.11 Å². The van der Waals surface area contributed by atoms with Crippen molar-refractivity contribution in [2.45, 2.75) is 19.7 Å². The van der Waals surface area contributed by atoms with Crippen LogP contribution in [0.2, 0.25) is 5.02 Å². The molecule has 0 bridgehead atoms. The number of methoxy groups -OCH3 is 1. The summed E-state index contributed by atoms with van der Waals surface area (Å²) < 4.78 is 12.4. The number of hydrogen-bond acceptors (Lipinski definition) is 3. The first-order chi connectivity index (χ1) is 13.2. The van der Waals surface area contributed by atoms with E-state index in [2.05, 4.69) is 33.4 Å². The van der Waals surface area contributed by atoms with E-state index in [1.807, 2.05) is 54.6 Å². The zero-order valence-electron chi connectivity index (χ0n) is 15.0. The molecule has 0 amide bonds. The number of hydrogen-bond donors (Lipinski definition) is 1. The van der Waals surface area contributed by atoms with Crippen LogP contribution in [-0.2, 0) is 19.7 Å². The van der Waals surface area contributed by atoms with Gasteiger partial charge in [0, 0.05) is 18.1 Å². The molecule has 0 saturated heterocycles. The molecule has 27 heavy (non-hydrogen) atoms. The van der Waals surface area contributed by atoms with Crippen LogP contribution in [0.3, 0.4) is 0 Å². The molecular weight excluding hydrogens is 426 g/mol. The summed E-state index contributed by atoms with van der Waals surface area (Å²) in [6.45, 7) is 1.97. The van der Waals surface area contributed by atoms with Gasteiger partial charge in [0.1, 0.15) is 6.61 Å². The second kappa shape index (κ2) is 9.79. The molecule has 0 aromatic heterocycles. The Balaban J connectivity index is 1.65. The standard InChI is InChI=1S/C22H21BrClNO2/c1-26-21-12-18(14-25-13-16-6-3-2-4-7-16)11-20(23)22(21)27-15-17-8-5-9-19(24)10-17/h2-12,25H,13-15H2,1H3. The molecule has 1 N–H and O–H groups in total. The maximum absolute atomic E-state index is 6.03. The van der Waals surface area contributed by atoms with E-state index in [0.29, 0.717) is 23.1 Å². The summed E-state index contributed by atoms with van der Waals surface area (Å²) >= 11 is 9.64. The molecule has 0 aliphatic heterocycles. The summed E-state index contributed by atoms with van der Waals surface area (Å²) in [4.78, 5) is 0. The highest BCUT2D eigenvalue weighted by molar-refractivity contribution is 9.10. The van der Waals surface area contributed by atoms with E-state index >= 15 is 0 Å². The lowest BCUT2D eigenvalue weighted by molar-refractivity contribution is 0.282. The Labute approximate surface area is 173 Å².